The minimum Gasteiger partial charge on any atom is -0.435 e. The average molecular weight is 492 g/mol. The molecule has 1 amide bonds. The lowest BCUT2D eigenvalue weighted by molar-refractivity contribution is -0.0498. The average Bonchev–Trinajstić information content (AvgIpc) is 3.06. The molecule has 1 aromatic heterocycles. The summed E-state index contributed by atoms with van der Waals surface area (Å²) in [5.41, 5.74) is 0.550. The van der Waals surface area contributed by atoms with Gasteiger partial charge in [0.25, 0.3) is 5.91 Å². The maximum absolute atomic E-state index is 13.0. The van der Waals surface area contributed by atoms with Gasteiger partial charge in [-0.05, 0) is 72.9 Å². The number of amides is 1. The fraction of sp³-hybridized carbons (Fsp3) is 0.375. The smallest absolute Gasteiger partial charge is 0.387 e. The standard InChI is InChI=1S/C24H27F2N3O4S/c1-14-9-15(21(30)27-24(4)12-34(5,32)13-24)10-18-19(14)29(28-20(18)23(2,3)31)16-7-6-8-17(11-16)33-22(25)26/h6-11,22,31H,5,12-13H2,1-4H3,(H,27,30). The molecule has 34 heavy (non-hydrogen) atoms. The monoisotopic (exact) mass is 491 g/mol. The summed E-state index contributed by atoms with van der Waals surface area (Å²) in [6.07, 6.45) is 0. The third kappa shape index (κ3) is 4.65. The van der Waals surface area contributed by atoms with Crippen molar-refractivity contribution in [1.82, 2.24) is 15.1 Å². The molecule has 2 aromatic carbocycles. The molecule has 0 unspecified atom stereocenters. The SMILES string of the molecule is C=S1(=O)CC(C)(NC(=O)c2cc(C)c3c(c2)c(C(C)(C)O)nn3-c2cccc(OC(F)F)c2)C1. The molecule has 1 aliphatic heterocycles. The van der Waals surface area contributed by atoms with E-state index >= 15 is 0 Å². The topological polar surface area (TPSA) is 93.5 Å². The van der Waals surface area contributed by atoms with Crippen LogP contribution in [0.4, 0.5) is 8.78 Å². The van der Waals surface area contributed by atoms with Crippen LogP contribution in [0.3, 0.4) is 0 Å². The molecule has 182 valence electrons. The van der Waals surface area contributed by atoms with Crippen LogP contribution in [0.5, 0.6) is 5.75 Å². The van der Waals surface area contributed by atoms with E-state index < -0.39 is 27.3 Å². The third-order valence-electron chi connectivity index (χ3n) is 5.68. The number of hydrogen-bond acceptors (Lipinski definition) is 5. The molecule has 1 fully saturated rings. The van der Waals surface area contributed by atoms with Crippen molar-refractivity contribution in [3.05, 3.63) is 53.2 Å². The van der Waals surface area contributed by atoms with E-state index in [1.165, 1.54) is 12.1 Å². The van der Waals surface area contributed by atoms with E-state index in [0.29, 0.717) is 44.9 Å². The third-order valence-corrected chi connectivity index (χ3v) is 8.00. The lowest BCUT2D eigenvalue weighted by atomic mass is 9.97. The van der Waals surface area contributed by atoms with Crippen LogP contribution in [-0.2, 0) is 15.1 Å². The lowest BCUT2D eigenvalue weighted by Crippen LogP contribution is -2.63. The number of halogens is 2. The molecular weight excluding hydrogens is 464 g/mol. The fourth-order valence-corrected chi connectivity index (χ4v) is 6.93. The van der Waals surface area contributed by atoms with Crippen molar-refractivity contribution in [1.29, 1.82) is 0 Å². The largest absolute Gasteiger partial charge is 0.435 e. The van der Waals surface area contributed by atoms with Gasteiger partial charge < -0.3 is 15.2 Å². The second-order valence-electron chi connectivity index (χ2n) is 9.65. The Labute approximate surface area is 196 Å². The van der Waals surface area contributed by atoms with Gasteiger partial charge in [-0.2, -0.15) is 13.9 Å². The van der Waals surface area contributed by atoms with E-state index in [2.05, 4.69) is 21.0 Å². The molecular formula is C24H27F2N3O4S. The number of hydrogen-bond donors (Lipinski definition) is 2. The van der Waals surface area contributed by atoms with Gasteiger partial charge in [-0.1, -0.05) is 6.07 Å². The van der Waals surface area contributed by atoms with E-state index in [9.17, 15) is 22.9 Å². The first kappa shape index (κ1) is 24.2. The van der Waals surface area contributed by atoms with Gasteiger partial charge in [0.1, 0.15) is 17.0 Å². The number of ether oxygens (including phenoxy) is 1. The second-order valence-corrected chi connectivity index (χ2v) is 12.2. The highest BCUT2D eigenvalue weighted by molar-refractivity contribution is 8.01. The molecule has 0 saturated carbocycles. The Balaban J connectivity index is 1.81. The Morgan fingerprint density at radius 2 is 2.00 bits per heavy atom. The van der Waals surface area contributed by atoms with Crippen molar-refractivity contribution >= 4 is 32.2 Å². The molecule has 4 rings (SSSR count). The van der Waals surface area contributed by atoms with Crippen molar-refractivity contribution in [2.24, 2.45) is 0 Å². The first-order chi connectivity index (χ1) is 15.7. The predicted octanol–water partition coefficient (Wildman–Crippen LogP) is 3.38. The maximum Gasteiger partial charge on any atom is 0.387 e. The molecule has 1 saturated heterocycles. The van der Waals surface area contributed by atoms with E-state index in [1.54, 1.807) is 49.7 Å². The summed E-state index contributed by atoms with van der Waals surface area (Å²) >= 11 is 0. The number of nitrogens with zero attached hydrogens (tertiary/aromatic N) is 2. The van der Waals surface area contributed by atoms with Crippen molar-refractivity contribution in [2.75, 3.05) is 11.5 Å². The van der Waals surface area contributed by atoms with Gasteiger partial charge in [-0.15, -0.1) is 0 Å². The van der Waals surface area contributed by atoms with E-state index in [-0.39, 0.29) is 11.7 Å². The number of rotatable bonds is 6. The quantitative estimate of drug-likeness (QED) is 0.516. The zero-order valence-corrected chi connectivity index (χ0v) is 20.2. The zero-order valence-electron chi connectivity index (χ0n) is 19.4. The van der Waals surface area contributed by atoms with Crippen LogP contribution in [0.25, 0.3) is 16.6 Å². The number of aromatic nitrogens is 2. The number of aliphatic hydroxyl groups is 1. The highest BCUT2D eigenvalue weighted by atomic mass is 32.2. The molecule has 0 atom stereocenters. The normalized spacial score (nSPS) is 22.6. The number of benzene rings is 2. The van der Waals surface area contributed by atoms with Gasteiger partial charge in [-0.25, -0.2) is 4.68 Å². The highest BCUT2D eigenvalue weighted by Crippen LogP contribution is 2.34. The number of nitrogens with one attached hydrogen (secondary N) is 1. The van der Waals surface area contributed by atoms with Gasteiger partial charge in [0.15, 0.2) is 0 Å². The number of fused-ring (bicyclic) bond motifs is 1. The number of alkyl halides is 2. The van der Waals surface area contributed by atoms with Gasteiger partial charge >= 0.3 is 6.61 Å². The Kier molecular flexibility index (Phi) is 5.72. The van der Waals surface area contributed by atoms with Crippen molar-refractivity contribution in [3.8, 4) is 11.4 Å². The molecule has 0 bridgehead atoms. The molecule has 0 spiro atoms. The van der Waals surface area contributed by atoms with E-state index in [1.807, 2.05) is 6.92 Å². The Morgan fingerprint density at radius 3 is 2.59 bits per heavy atom. The molecule has 2 N–H and O–H groups in total. The summed E-state index contributed by atoms with van der Waals surface area (Å²) < 4.78 is 43.5. The van der Waals surface area contributed by atoms with Crippen LogP contribution in [0.2, 0.25) is 0 Å². The summed E-state index contributed by atoms with van der Waals surface area (Å²) in [6, 6.07) is 9.46. The Morgan fingerprint density at radius 1 is 1.32 bits per heavy atom. The summed E-state index contributed by atoms with van der Waals surface area (Å²) in [5, 5.41) is 18.9. The fourth-order valence-electron chi connectivity index (χ4n) is 4.54. The molecule has 0 radical (unpaired) electrons. The molecule has 1 aliphatic rings. The van der Waals surface area contributed by atoms with Gasteiger partial charge in [-0.3, -0.25) is 9.00 Å². The summed E-state index contributed by atoms with van der Waals surface area (Å²) in [5.74, 6) is 3.97. The van der Waals surface area contributed by atoms with Crippen molar-refractivity contribution < 1.29 is 27.6 Å². The van der Waals surface area contributed by atoms with Gasteiger partial charge in [0.05, 0.1) is 16.7 Å². The minimum absolute atomic E-state index is 0.0228. The second kappa shape index (κ2) is 8.06. The summed E-state index contributed by atoms with van der Waals surface area (Å²) in [4.78, 5) is 13.0. The Bertz CT molecular complexity index is 1380. The van der Waals surface area contributed by atoms with Crippen LogP contribution in [0, 0.1) is 6.92 Å². The van der Waals surface area contributed by atoms with Crippen LogP contribution < -0.4 is 10.1 Å². The van der Waals surface area contributed by atoms with Gasteiger partial charge in [0, 0.05) is 28.5 Å². The zero-order chi connectivity index (χ0) is 25.1. The van der Waals surface area contributed by atoms with Crippen molar-refractivity contribution in [2.45, 2.75) is 45.4 Å². The van der Waals surface area contributed by atoms with Crippen molar-refractivity contribution in [3.63, 3.8) is 0 Å². The first-order valence-electron chi connectivity index (χ1n) is 10.6. The molecule has 3 aromatic rings. The maximum atomic E-state index is 13.0. The van der Waals surface area contributed by atoms with E-state index in [4.69, 9.17) is 0 Å². The number of carbonyl (C=O) groups is 1. The summed E-state index contributed by atoms with van der Waals surface area (Å²) in [6.45, 7) is 3.84. The highest BCUT2D eigenvalue weighted by Gasteiger charge is 2.41. The Hall–Kier alpha value is -2.98. The molecule has 2 heterocycles. The van der Waals surface area contributed by atoms with Crippen LogP contribution >= 0.6 is 0 Å². The number of aryl methyl sites for hydroxylation is 1. The van der Waals surface area contributed by atoms with E-state index in [0.717, 1.165) is 0 Å². The molecule has 7 nitrogen and oxygen atoms in total. The first-order valence-corrected chi connectivity index (χ1v) is 12.7. The molecule has 0 aliphatic carbocycles. The minimum atomic E-state index is -2.96. The predicted molar refractivity (Wildman–Crippen MR) is 129 cm³/mol. The summed E-state index contributed by atoms with van der Waals surface area (Å²) in [7, 11) is -2.14. The van der Waals surface area contributed by atoms with Crippen LogP contribution in [0.1, 0.15) is 42.4 Å². The van der Waals surface area contributed by atoms with Crippen LogP contribution in [-0.4, -0.2) is 54.5 Å². The lowest BCUT2D eigenvalue weighted by Gasteiger charge is -2.41. The molecule has 10 heteroatoms. The van der Waals surface area contributed by atoms with Crippen LogP contribution in [0.15, 0.2) is 36.4 Å². The number of carbonyl (C=O) groups excluding carboxylic acids is 1. The van der Waals surface area contributed by atoms with Gasteiger partial charge in [0.2, 0.25) is 0 Å².